The van der Waals surface area contributed by atoms with Crippen LogP contribution in [0.15, 0.2) is 18.2 Å². The van der Waals surface area contributed by atoms with Crippen LogP contribution in [-0.4, -0.2) is 16.1 Å². The molecule has 0 aliphatic heterocycles. The van der Waals surface area contributed by atoms with E-state index in [1.54, 1.807) is 13.0 Å². The summed E-state index contributed by atoms with van der Waals surface area (Å²) in [6.07, 6.45) is 4.61. The molecule has 94 valence electrons. The molecule has 1 atom stereocenters. The van der Waals surface area contributed by atoms with E-state index in [-0.39, 0.29) is 5.82 Å². The summed E-state index contributed by atoms with van der Waals surface area (Å²) >= 11 is 1.82. The third-order valence-electron chi connectivity index (χ3n) is 3.37. The van der Waals surface area contributed by atoms with Gasteiger partial charge in [0.2, 0.25) is 0 Å². The third kappa shape index (κ3) is 3.46. The van der Waals surface area contributed by atoms with Crippen molar-refractivity contribution in [3.05, 3.63) is 35.1 Å². The number of aliphatic hydroxyl groups is 1. The molecule has 0 amide bonds. The van der Waals surface area contributed by atoms with Crippen LogP contribution in [0, 0.1) is 12.7 Å². The number of aryl methyl sites for hydroxylation is 1. The van der Waals surface area contributed by atoms with Crippen molar-refractivity contribution < 1.29 is 9.50 Å². The summed E-state index contributed by atoms with van der Waals surface area (Å²) < 4.78 is 13.4. The van der Waals surface area contributed by atoms with Crippen LogP contribution in [0.4, 0.5) is 4.39 Å². The fraction of sp³-hybridized carbons (Fsp3) is 0.571. The van der Waals surface area contributed by atoms with Crippen LogP contribution in [0.5, 0.6) is 0 Å². The Bertz CT molecular complexity index is 374. The lowest BCUT2D eigenvalue weighted by atomic mass is 10.1. The molecule has 1 aromatic carbocycles. The SMILES string of the molecule is Cc1ccc(C(O)CSC2CCCC2)cc1F. The Kier molecular flexibility index (Phi) is 4.46. The molecule has 0 spiro atoms. The summed E-state index contributed by atoms with van der Waals surface area (Å²) in [6.45, 7) is 1.73. The van der Waals surface area contributed by atoms with Gasteiger partial charge in [0.05, 0.1) is 6.10 Å². The molecule has 3 heteroatoms. The maximum absolute atomic E-state index is 13.4. The van der Waals surface area contributed by atoms with Crippen LogP contribution in [0.1, 0.15) is 42.9 Å². The van der Waals surface area contributed by atoms with Gasteiger partial charge in [-0.05, 0) is 37.0 Å². The number of hydrogen-bond acceptors (Lipinski definition) is 2. The van der Waals surface area contributed by atoms with E-state index in [1.165, 1.54) is 31.7 Å². The highest BCUT2D eigenvalue weighted by Crippen LogP contribution is 2.32. The number of aliphatic hydroxyl groups excluding tert-OH is 1. The average Bonchev–Trinajstić information content (AvgIpc) is 2.82. The highest BCUT2D eigenvalue weighted by molar-refractivity contribution is 7.99. The van der Waals surface area contributed by atoms with E-state index in [0.717, 1.165) is 0 Å². The molecule has 0 saturated heterocycles. The highest BCUT2D eigenvalue weighted by Gasteiger charge is 2.18. The molecule has 0 heterocycles. The van der Waals surface area contributed by atoms with E-state index in [0.29, 0.717) is 22.1 Å². The zero-order valence-electron chi connectivity index (χ0n) is 10.2. The van der Waals surface area contributed by atoms with Crippen LogP contribution in [0.25, 0.3) is 0 Å². The maximum Gasteiger partial charge on any atom is 0.126 e. The van der Waals surface area contributed by atoms with Gasteiger partial charge in [0.1, 0.15) is 5.82 Å². The second-order valence-electron chi connectivity index (χ2n) is 4.76. The van der Waals surface area contributed by atoms with E-state index >= 15 is 0 Å². The lowest BCUT2D eigenvalue weighted by Crippen LogP contribution is -2.05. The standard InChI is InChI=1S/C14H19FOS/c1-10-6-7-11(8-13(10)15)14(16)9-17-12-4-2-3-5-12/h6-8,12,14,16H,2-5,9H2,1H3. The van der Waals surface area contributed by atoms with E-state index in [9.17, 15) is 9.50 Å². The molecule has 17 heavy (non-hydrogen) atoms. The molecule has 1 nitrogen and oxygen atoms in total. The Morgan fingerprint density at radius 3 is 2.76 bits per heavy atom. The number of thioether (sulfide) groups is 1. The Morgan fingerprint density at radius 1 is 1.41 bits per heavy atom. The van der Waals surface area contributed by atoms with Crippen LogP contribution < -0.4 is 0 Å². The molecule has 0 bridgehead atoms. The number of rotatable bonds is 4. The first-order valence-electron chi connectivity index (χ1n) is 6.22. The van der Waals surface area contributed by atoms with Gasteiger partial charge in [0.15, 0.2) is 0 Å². The van der Waals surface area contributed by atoms with E-state index in [1.807, 2.05) is 17.8 Å². The van der Waals surface area contributed by atoms with Crippen LogP contribution >= 0.6 is 11.8 Å². The largest absolute Gasteiger partial charge is 0.388 e. The predicted molar refractivity (Wildman–Crippen MR) is 70.8 cm³/mol. The zero-order chi connectivity index (χ0) is 12.3. The van der Waals surface area contributed by atoms with Crippen LogP contribution in [0.2, 0.25) is 0 Å². The first-order chi connectivity index (χ1) is 8.16. The van der Waals surface area contributed by atoms with Gasteiger partial charge in [-0.1, -0.05) is 25.0 Å². The van der Waals surface area contributed by atoms with Crippen molar-refractivity contribution in [3.63, 3.8) is 0 Å². The summed E-state index contributed by atoms with van der Waals surface area (Å²) in [5.41, 5.74) is 1.32. The van der Waals surface area contributed by atoms with Gasteiger partial charge < -0.3 is 5.11 Å². The second-order valence-corrected chi connectivity index (χ2v) is 6.10. The molecule has 0 radical (unpaired) electrons. The summed E-state index contributed by atoms with van der Waals surface area (Å²) in [4.78, 5) is 0. The molecular weight excluding hydrogens is 235 g/mol. The summed E-state index contributed by atoms with van der Waals surface area (Å²) in [6, 6.07) is 5.00. The summed E-state index contributed by atoms with van der Waals surface area (Å²) in [5.74, 6) is 0.445. The number of hydrogen-bond donors (Lipinski definition) is 1. The van der Waals surface area contributed by atoms with E-state index < -0.39 is 6.10 Å². The first kappa shape index (κ1) is 12.9. The van der Waals surface area contributed by atoms with Gasteiger partial charge in [-0.25, -0.2) is 4.39 Å². The smallest absolute Gasteiger partial charge is 0.126 e. The second kappa shape index (κ2) is 5.87. The summed E-state index contributed by atoms with van der Waals surface area (Å²) in [7, 11) is 0. The van der Waals surface area contributed by atoms with Gasteiger partial charge in [0.25, 0.3) is 0 Å². The lowest BCUT2D eigenvalue weighted by Gasteiger charge is -2.14. The summed E-state index contributed by atoms with van der Waals surface area (Å²) in [5, 5.41) is 10.7. The fourth-order valence-electron chi connectivity index (χ4n) is 2.19. The van der Waals surface area contributed by atoms with Crippen molar-refractivity contribution >= 4 is 11.8 Å². The molecule has 1 aliphatic carbocycles. The minimum absolute atomic E-state index is 0.229. The predicted octanol–water partition coefficient (Wildman–Crippen LogP) is 3.84. The van der Waals surface area contributed by atoms with Crippen molar-refractivity contribution in [1.82, 2.24) is 0 Å². The normalized spacial score (nSPS) is 18.5. The Hall–Kier alpha value is -0.540. The number of halogens is 1. The molecule has 1 fully saturated rings. The van der Waals surface area contributed by atoms with E-state index in [2.05, 4.69) is 0 Å². The Balaban J connectivity index is 1.89. The van der Waals surface area contributed by atoms with Crippen molar-refractivity contribution in [3.8, 4) is 0 Å². The Morgan fingerprint density at radius 2 is 2.12 bits per heavy atom. The molecule has 2 rings (SSSR count). The first-order valence-corrected chi connectivity index (χ1v) is 7.27. The quantitative estimate of drug-likeness (QED) is 0.881. The molecular formula is C14H19FOS. The van der Waals surface area contributed by atoms with Crippen LogP contribution in [0.3, 0.4) is 0 Å². The molecule has 1 unspecified atom stereocenters. The highest BCUT2D eigenvalue weighted by atomic mass is 32.2. The van der Waals surface area contributed by atoms with Gasteiger partial charge in [-0.2, -0.15) is 11.8 Å². The van der Waals surface area contributed by atoms with Crippen molar-refractivity contribution in [1.29, 1.82) is 0 Å². The van der Waals surface area contributed by atoms with E-state index in [4.69, 9.17) is 0 Å². The van der Waals surface area contributed by atoms with Crippen molar-refractivity contribution in [2.75, 3.05) is 5.75 Å². The van der Waals surface area contributed by atoms with Gasteiger partial charge in [-0.3, -0.25) is 0 Å². The fourth-order valence-corrected chi connectivity index (χ4v) is 3.51. The minimum Gasteiger partial charge on any atom is -0.388 e. The Labute approximate surface area is 106 Å². The average molecular weight is 254 g/mol. The molecule has 1 saturated carbocycles. The molecule has 1 aromatic rings. The van der Waals surface area contributed by atoms with Crippen molar-refractivity contribution in [2.45, 2.75) is 44.0 Å². The molecule has 0 aromatic heterocycles. The monoisotopic (exact) mass is 254 g/mol. The minimum atomic E-state index is -0.546. The van der Waals surface area contributed by atoms with Gasteiger partial charge >= 0.3 is 0 Å². The van der Waals surface area contributed by atoms with Gasteiger partial charge in [0, 0.05) is 11.0 Å². The lowest BCUT2D eigenvalue weighted by molar-refractivity contribution is 0.203. The van der Waals surface area contributed by atoms with Gasteiger partial charge in [-0.15, -0.1) is 0 Å². The topological polar surface area (TPSA) is 20.2 Å². The van der Waals surface area contributed by atoms with Crippen molar-refractivity contribution in [2.24, 2.45) is 0 Å². The third-order valence-corrected chi connectivity index (χ3v) is 4.82. The molecule has 1 N–H and O–H groups in total. The van der Waals surface area contributed by atoms with Crippen LogP contribution in [-0.2, 0) is 0 Å². The maximum atomic E-state index is 13.4. The number of benzene rings is 1. The zero-order valence-corrected chi connectivity index (χ0v) is 11.0. The molecule has 1 aliphatic rings.